The summed E-state index contributed by atoms with van der Waals surface area (Å²) in [5, 5.41) is 23.6. The molecule has 1 saturated heterocycles. The zero-order valence-electron chi connectivity index (χ0n) is 21.3. The Balaban J connectivity index is 1.42. The molecule has 196 valence electrons. The molecule has 1 atom stereocenters. The number of H-pyrrole nitrogens is 1. The summed E-state index contributed by atoms with van der Waals surface area (Å²) in [6.45, 7) is 1.85. The van der Waals surface area contributed by atoms with Gasteiger partial charge in [-0.2, -0.15) is 0 Å². The third-order valence-electron chi connectivity index (χ3n) is 7.26. The number of aromatic hydroxyl groups is 1. The molecule has 4 N–H and O–H groups in total. The average Bonchev–Trinajstić information content (AvgIpc) is 3.34. The fraction of sp³-hybridized carbons (Fsp3) is 0.290. The number of benzene rings is 3. The molecule has 5 rings (SSSR count). The van der Waals surface area contributed by atoms with E-state index in [2.05, 4.69) is 15.2 Å². The highest BCUT2D eigenvalue weighted by molar-refractivity contribution is 5.87. The molecule has 2 heterocycles. The molecule has 0 bridgehead atoms. The number of aliphatic carboxylic acids is 1. The fourth-order valence-electron chi connectivity index (χ4n) is 5.35. The van der Waals surface area contributed by atoms with Gasteiger partial charge in [-0.15, -0.1) is 0 Å². The van der Waals surface area contributed by atoms with E-state index in [1.807, 2.05) is 60.8 Å². The highest BCUT2D eigenvalue weighted by atomic mass is 16.4. The number of phenolic OH excluding ortho intramolecular Hbond substituents is 1. The van der Waals surface area contributed by atoms with Crippen LogP contribution >= 0.6 is 0 Å². The second-order valence-electron chi connectivity index (χ2n) is 9.97. The molecular formula is C31H33N3O4. The number of nitrogens with zero attached hydrogens (tertiary/aromatic N) is 1. The number of amides is 1. The van der Waals surface area contributed by atoms with E-state index in [1.54, 1.807) is 12.1 Å². The topological polar surface area (TPSA) is 106 Å². The zero-order valence-corrected chi connectivity index (χ0v) is 21.3. The van der Waals surface area contributed by atoms with Crippen molar-refractivity contribution in [2.75, 3.05) is 18.0 Å². The number of aromatic nitrogens is 1. The molecule has 4 aromatic rings. The number of carboxylic acid groups (broad SMARTS) is 1. The molecule has 1 fully saturated rings. The quantitative estimate of drug-likeness (QED) is 0.243. The first-order chi connectivity index (χ1) is 18.5. The first-order valence-corrected chi connectivity index (χ1v) is 13.2. The summed E-state index contributed by atoms with van der Waals surface area (Å²) in [6.07, 6.45) is 5.94. The van der Waals surface area contributed by atoms with Gasteiger partial charge in [0.05, 0.1) is 12.5 Å². The van der Waals surface area contributed by atoms with Crippen LogP contribution in [0.25, 0.3) is 10.9 Å². The zero-order chi connectivity index (χ0) is 26.5. The predicted molar refractivity (Wildman–Crippen MR) is 149 cm³/mol. The van der Waals surface area contributed by atoms with Crippen molar-refractivity contribution in [2.45, 2.75) is 44.6 Å². The van der Waals surface area contributed by atoms with Crippen molar-refractivity contribution in [2.24, 2.45) is 0 Å². The molecule has 0 spiro atoms. The Hall–Kier alpha value is -4.26. The lowest BCUT2D eigenvalue weighted by Crippen LogP contribution is -2.34. The van der Waals surface area contributed by atoms with Gasteiger partial charge in [0.15, 0.2) is 0 Å². The molecular weight excluding hydrogens is 478 g/mol. The van der Waals surface area contributed by atoms with Crippen molar-refractivity contribution in [1.29, 1.82) is 0 Å². The number of phenols is 1. The minimum absolute atomic E-state index is 0.0579. The Morgan fingerprint density at radius 3 is 2.53 bits per heavy atom. The third-order valence-corrected chi connectivity index (χ3v) is 7.26. The Kier molecular flexibility index (Phi) is 7.63. The highest BCUT2D eigenvalue weighted by Crippen LogP contribution is 2.35. The van der Waals surface area contributed by atoms with Crippen molar-refractivity contribution >= 4 is 28.5 Å². The number of rotatable bonds is 9. The maximum absolute atomic E-state index is 13.4. The van der Waals surface area contributed by atoms with Crippen molar-refractivity contribution in [1.82, 2.24) is 10.3 Å². The van der Waals surface area contributed by atoms with Gasteiger partial charge in [-0.25, -0.2) is 0 Å². The number of anilines is 1. The van der Waals surface area contributed by atoms with Crippen LogP contribution in [0.3, 0.4) is 0 Å². The summed E-state index contributed by atoms with van der Waals surface area (Å²) in [7, 11) is 0. The standard InChI is InChI=1S/C31H33N3O4/c35-24-11-12-25(28(19-24)34-15-5-2-6-16-34)31(22-7-3-1-4-8-22)33-29(36)18-21-9-13-27-26(17-21)23(20-32-27)10-14-30(37)38/h1,3-4,7-9,11-13,17,19-20,31-32,35H,2,5-6,10,14-16,18H2,(H,33,36)(H,37,38). The SMILES string of the molecule is O=C(O)CCc1c[nH]c2ccc(CC(=O)NC(c3ccccc3)c3ccc(O)cc3N3CCCCC3)cc12. The second kappa shape index (κ2) is 11.4. The summed E-state index contributed by atoms with van der Waals surface area (Å²) in [4.78, 5) is 30.0. The average molecular weight is 512 g/mol. The Morgan fingerprint density at radius 1 is 0.974 bits per heavy atom. The van der Waals surface area contributed by atoms with Crippen LogP contribution < -0.4 is 10.2 Å². The minimum atomic E-state index is -0.833. The molecule has 7 heteroatoms. The molecule has 3 aromatic carbocycles. The number of carbonyl (C=O) groups is 2. The van der Waals surface area contributed by atoms with Gasteiger partial charge in [-0.1, -0.05) is 42.5 Å². The van der Waals surface area contributed by atoms with Gasteiger partial charge in [0.25, 0.3) is 0 Å². The van der Waals surface area contributed by atoms with Crippen molar-refractivity contribution in [3.05, 3.63) is 95.2 Å². The van der Waals surface area contributed by atoms with Crippen molar-refractivity contribution < 1.29 is 19.8 Å². The largest absolute Gasteiger partial charge is 0.508 e. The van der Waals surface area contributed by atoms with E-state index >= 15 is 0 Å². The Labute approximate surface area is 222 Å². The number of carbonyl (C=O) groups excluding carboxylic acids is 1. The lowest BCUT2D eigenvalue weighted by Gasteiger charge is -2.33. The van der Waals surface area contributed by atoms with Crippen LogP contribution in [0.15, 0.2) is 72.9 Å². The molecule has 7 nitrogen and oxygen atoms in total. The van der Waals surface area contributed by atoms with Gasteiger partial charge in [0.2, 0.25) is 5.91 Å². The predicted octanol–water partition coefficient (Wildman–Crippen LogP) is 5.33. The van der Waals surface area contributed by atoms with E-state index < -0.39 is 5.97 Å². The van der Waals surface area contributed by atoms with Crippen LogP contribution in [0.2, 0.25) is 0 Å². The van der Waals surface area contributed by atoms with Crippen LogP contribution in [0.4, 0.5) is 5.69 Å². The number of hydrogen-bond donors (Lipinski definition) is 4. The first kappa shape index (κ1) is 25.4. The van der Waals surface area contributed by atoms with E-state index in [0.29, 0.717) is 6.42 Å². The number of fused-ring (bicyclic) bond motifs is 1. The van der Waals surface area contributed by atoms with E-state index in [-0.39, 0.29) is 30.5 Å². The number of piperidine rings is 1. The molecule has 0 radical (unpaired) electrons. The number of aromatic amines is 1. The summed E-state index contributed by atoms with van der Waals surface area (Å²) in [6, 6.07) is 20.8. The van der Waals surface area contributed by atoms with Crippen LogP contribution in [0, 0.1) is 0 Å². The Bertz CT molecular complexity index is 1420. The molecule has 0 aliphatic carbocycles. The molecule has 1 unspecified atom stereocenters. The lowest BCUT2D eigenvalue weighted by atomic mass is 9.95. The monoisotopic (exact) mass is 511 g/mol. The Morgan fingerprint density at radius 2 is 1.76 bits per heavy atom. The van der Waals surface area contributed by atoms with Crippen LogP contribution in [0.1, 0.15) is 54.0 Å². The molecule has 1 aliphatic rings. The third kappa shape index (κ3) is 5.83. The first-order valence-electron chi connectivity index (χ1n) is 13.2. The van der Waals surface area contributed by atoms with E-state index in [0.717, 1.165) is 64.8 Å². The summed E-state index contributed by atoms with van der Waals surface area (Å²) < 4.78 is 0. The van der Waals surface area contributed by atoms with Crippen LogP contribution in [-0.4, -0.2) is 40.2 Å². The summed E-state index contributed by atoms with van der Waals surface area (Å²) >= 11 is 0. The van der Waals surface area contributed by atoms with Crippen LogP contribution in [0.5, 0.6) is 5.75 Å². The highest BCUT2D eigenvalue weighted by Gasteiger charge is 2.24. The number of carboxylic acids is 1. The van der Waals surface area contributed by atoms with Crippen molar-refractivity contribution in [3.8, 4) is 5.75 Å². The van der Waals surface area contributed by atoms with Gasteiger partial charge in [0.1, 0.15) is 5.75 Å². The maximum Gasteiger partial charge on any atom is 0.303 e. The number of aryl methyl sites for hydroxylation is 1. The number of hydrogen-bond acceptors (Lipinski definition) is 4. The normalized spacial score (nSPS) is 14.4. The van der Waals surface area contributed by atoms with Crippen molar-refractivity contribution in [3.63, 3.8) is 0 Å². The molecule has 1 aromatic heterocycles. The van der Waals surface area contributed by atoms with Gasteiger partial charge < -0.3 is 25.4 Å². The van der Waals surface area contributed by atoms with E-state index in [1.165, 1.54) is 6.42 Å². The molecule has 1 aliphatic heterocycles. The van der Waals surface area contributed by atoms with E-state index in [9.17, 15) is 14.7 Å². The van der Waals surface area contributed by atoms with Gasteiger partial charge in [-0.3, -0.25) is 9.59 Å². The fourth-order valence-corrected chi connectivity index (χ4v) is 5.35. The van der Waals surface area contributed by atoms with Gasteiger partial charge in [0, 0.05) is 53.9 Å². The van der Waals surface area contributed by atoms with Gasteiger partial charge >= 0.3 is 5.97 Å². The van der Waals surface area contributed by atoms with Crippen LogP contribution in [-0.2, 0) is 22.4 Å². The lowest BCUT2D eigenvalue weighted by molar-refractivity contribution is -0.137. The summed E-state index contributed by atoms with van der Waals surface area (Å²) in [5.74, 6) is -0.732. The molecule has 38 heavy (non-hydrogen) atoms. The smallest absolute Gasteiger partial charge is 0.303 e. The van der Waals surface area contributed by atoms with E-state index in [4.69, 9.17) is 5.11 Å². The maximum atomic E-state index is 13.4. The number of nitrogens with one attached hydrogen (secondary N) is 2. The molecule has 0 saturated carbocycles. The summed E-state index contributed by atoms with van der Waals surface area (Å²) in [5.41, 5.74) is 5.60. The molecule has 1 amide bonds. The minimum Gasteiger partial charge on any atom is -0.508 e. The van der Waals surface area contributed by atoms with Gasteiger partial charge in [-0.05, 0) is 60.6 Å². The second-order valence-corrected chi connectivity index (χ2v) is 9.97.